The Labute approximate surface area is 176 Å². The molecule has 2 rings (SSSR count). The van der Waals surface area contributed by atoms with E-state index in [1.54, 1.807) is 26.8 Å². The number of aryl methyl sites for hydroxylation is 1. The molecule has 0 aliphatic carbocycles. The van der Waals surface area contributed by atoms with Crippen LogP contribution in [0.5, 0.6) is 5.88 Å². The van der Waals surface area contributed by atoms with Crippen LogP contribution in [0.4, 0.5) is 19.0 Å². The largest absolute Gasteiger partial charge is 0.474 e. The Kier molecular flexibility index (Phi) is 7.60. The second-order valence-electron chi connectivity index (χ2n) is 6.48. The molecule has 0 fully saturated rings. The third-order valence-corrected chi connectivity index (χ3v) is 4.06. The van der Waals surface area contributed by atoms with Crippen LogP contribution >= 0.6 is 11.6 Å². The lowest BCUT2D eigenvalue weighted by atomic mass is 10.2. The number of halogens is 4. The van der Waals surface area contributed by atoms with Gasteiger partial charge in [-0.1, -0.05) is 18.5 Å². The molecule has 0 aliphatic heterocycles. The van der Waals surface area contributed by atoms with Gasteiger partial charge in [-0.2, -0.15) is 13.2 Å². The van der Waals surface area contributed by atoms with E-state index in [9.17, 15) is 22.8 Å². The average molecular weight is 445 g/mol. The number of nitrogens with one attached hydrogen (secondary N) is 2. The highest BCUT2D eigenvalue weighted by molar-refractivity contribution is 6.31. The molecular formula is C19H20ClF3N4O3. The fourth-order valence-corrected chi connectivity index (χ4v) is 2.56. The number of alkyl halides is 3. The number of nitrogens with zero attached hydrogens (tertiary/aromatic N) is 2. The highest BCUT2D eigenvalue weighted by Gasteiger charge is 2.31. The quantitative estimate of drug-likeness (QED) is 0.673. The first kappa shape index (κ1) is 23.4. The van der Waals surface area contributed by atoms with Crippen LogP contribution < -0.4 is 15.4 Å². The summed E-state index contributed by atoms with van der Waals surface area (Å²) in [4.78, 5) is 31.7. The molecule has 0 bridgehead atoms. The Morgan fingerprint density at radius 1 is 1.27 bits per heavy atom. The fourth-order valence-electron chi connectivity index (χ4n) is 2.33. The van der Waals surface area contributed by atoms with Crippen molar-refractivity contribution >= 4 is 29.2 Å². The highest BCUT2D eigenvalue weighted by atomic mass is 35.5. The van der Waals surface area contributed by atoms with Gasteiger partial charge in [-0.3, -0.25) is 9.59 Å². The van der Waals surface area contributed by atoms with Gasteiger partial charge < -0.3 is 15.4 Å². The van der Waals surface area contributed by atoms with Gasteiger partial charge in [0.2, 0.25) is 11.8 Å². The average Bonchev–Trinajstić information content (AvgIpc) is 2.65. The van der Waals surface area contributed by atoms with Crippen LogP contribution in [0, 0.1) is 6.92 Å². The maximum absolute atomic E-state index is 12.7. The molecule has 0 aliphatic rings. The third-order valence-electron chi connectivity index (χ3n) is 3.79. The molecular weight excluding hydrogens is 425 g/mol. The first-order valence-electron chi connectivity index (χ1n) is 8.94. The van der Waals surface area contributed by atoms with Gasteiger partial charge in [-0.05, 0) is 32.0 Å². The van der Waals surface area contributed by atoms with E-state index in [0.29, 0.717) is 11.9 Å². The zero-order valence-electron chi connectivity index (χ0n) is 16.4. The maximum Gasteiger partial charge on any atom is 0.417 e. The van der Waals surface area contributed by atoms with Gasteiger partial charge in [-0.15, -0.1) is 0 Å². The lowest BCUT2D eigenvalue weighted by Crippen LogP contribution is -2.37. The summed E-state index contributed by atoms with van der Waals surface area (Å²) in [7, 11) is 0. The van der Waals surface area contributed by atoms with Gasteiger partial charge >= 0.3 is 6.18 Å². The first-order chi connectivity index (χ1) is 14.0. The molecule has 2 N–H and O–H groups in total. The SMILES string of the molecule is CCC(=O)Nc1cc(C(=O)NC(C)COc2ncc(C(F)(F)F)cc2Cl)cc(C)n1. The van der Waals surface area contributed by atoms with Crippen molar-refractivity contribution in [2.24, 2.45) is 0 Å². The van der Waals surface area contributed by atoms with E-state index in [-0.39, 0.29) is 41.2 Å². The standard InChI is InChI=1S/C19H20ClF3N4O3/c1-4-16(28)27-15-6-12(5-10(2)25-15)17(29)26-11(3)9-30-18-14(20)7-13(8-24-18)19(21,22)23/h5-8,11H,4,9H2,1-3H3,(H,26,29)(H,25,27,28). The van der Waals surface area contributed by atoms with Crippen molar-refractivity contribution in [1.82, 2.24) is 15.3 Å². The molecule has 30 heavy (non-hydrogen) atoms. The predicted molar refractivity (Wildman–Crippen MR) is 105 cm³/mol. The summed E-state index contributed by atoms with van der Waals surface area (Å²) < 4.78 is 43.3. The summed E-state index contributed by atoms with van der Waals surface area (Å²) in [5, 5.41) is 4.99. The zero-order chi connectivity index (χ0) is 22.5. The summed E-state index contributed by atoms with van der Waals surface area (Å²) in [6.45, 7) is 4.94. The topological polar surface area (TPSA) is 93.2 Å². The maximum atomic E-state index is 12.7. The molecule has 2 aromatic rings. The highest BCUT2D eigenvalue weighted by Crippen LogP contribution is 2.33. The summed E-state index contributed by atoms with van der Waals surface area (Å²) in [5.74, 6) is -0.580. The number of anilines is 1. The molecule has 1 atom stereocenters. The summed E-state index contributed by atoms with van der Waals surface area (Å²) in [6, 6.07) is 3.20. The third kappa shape index (κ3) is 6.58. The van der Waals surface area contributed by atoms with Crippen molar-refractivity contribution in [2.75, 3.05) is 11.9 Å². The fraction of sp³-hybridized carbons (Fsp3) is 0.368. The van der Waals surface area contributed by atoms with Gasteiger partial charge in [0.05, 0.1) is 11.6 Å². The number of carbonyl (C=O) groups excluding carboxylic acids is 2. The van der Waals surface area contributed by atoms with Gasteiger partial charge in [0, 0.05) is 23.9 Å². The number of amides is 2. The van der Waals surface area contributed by atoms with Crippen LogP contribution in [0.2, 0.25) is 5.02 Å². The molecule has 0 radical (unpaired) electrons. The van der Waals surface area contributed by atoms with Gasteiger partial charge in [-0.25, -0.2) is 9.97 Å². The van der Waals surface area contributed by atoms with Crippen LogP contribution in [-0.4, -0.2) is 34.4 Å². The smallest absolute Gasteiger partial charge is 0.417 e. The molecule has 2 amide bonds. The van der Waals surface area contributed by atoms with Crippen LogP contribution in [-0.2, 0) is 11.0 Å². The zero-order valence-corrected chi connectivity index (χ0v) is 17.2. The Balaban J connectivity index is 1.99. The van der Waals surface area contributed by atoms with Crippen LogP contribution in [0.3, 0.4) is 0 Å². The normalized spacial score (nSPS) is 12.2. The first-order valence-corrected chi connectivity index (χ1v) is 9.32. The van der Waals surface area contributed by atoms with Crippen LogP contribution in [0.25, 0.3) is 0 Å². The Hall–Kier alpha value is -2.88. The number of hydrogen-bond donors (Lipinski definition) is 2. The van der Waals surface area contributed by atoms with E-state index in [0.717, 1.165) is 6.07 Å². The molecule has 2 aromatic heterocycles. The van der Waals surface area contributed by atoms with Gasteiger partial charge in [0.25, 0.3) is 5.91 Å². The number of aromatic nitrogens is 2. The van der Waals surface area contributed by atoms with E-state index in [2.05, 4.69) is 20.6 Å². The molecule has 7 nitrogen and oxygen atoms in total. The van der Waals surface area contributed by atoms with Crippen molar-refractivity contribution < 1.29 is 27.5 Å². The number of hydrogen-bond acceptors (Lipinski definition) is 5. The number of carbonyl (C=O) groups is 2. The van der Waals surface area contributed by atoms with Crippen LogP contribution in [0.15, 0.2) is 24.4 Å². The summed E-state index contributed by atoms with van der Waals surface area (Å²) in [5.41, 5.74) is -0.162. The second kappa shape index (κ2) is 9.75. The van der Waals surface area contributed by atoms with E-state index in [1.165, 1.54) is 6.07 Å². The van der Waals surface area contributed by atoms with Crippen molar-refractivity contribution in [3.63, 3.8) is 0 Å². The van der Waals surface area contributed by atoms with Gasteiger partial charge in [0.1, 0.15) is 17.4 Å². The Morgan fingerprint density at radius 3 is 2.57 bits per heavy atom. The number of ether oxygens (including phenoxy) is 1. The Bertz CT molecular complexity index is 938. The van der Waals surface area contributed by atoms with Crippen molar-refractivity contribution in [1.29, 1.82) is 0 Å². The monoisotopic (exact) mass is 444 g/mol. The van der Waals surface area contributed by atoms with Crippen molar-refractivity contribution in [3.05, 3.63) is 46.2 Å². The molecule has 1 unspecified atom stereocenters. The molecule has 11 heteroatoms. The minimum absolute atomic E-state index is 0.0761. The molecule has 0 aromatic carbocycles. The van der Waals surface area contributed by atoms with E-state index < -0.39 is 23.7 Å². The van der Waals surface area contributed by atoms with E-state index in [1.807, 2.05) is 0 Å². The minimum atomic E-state index is -4.56. The van der Waals surface area contributed by atoms with Crippen molar-refractivity contribution in [3.8, 4) is 5.88 Å². The number of rotatable bonds is 7. The summed E-state index contributed by atoms with van der Waals surface area (Å²) >= 11 is 5.79. The molecule has 2 heterocycles. The second-order valence-corrected chi connectivity index (χ2v) is 6.89. The number of pyridine rings is 2. The Morgan fingerprint density at radius 2 is 1.97 bits per heavy atom. The van der Waals surface area contributed by atoms with E-state index in [4.69, 9.17) is 16.3 Å². The molecule has 162 valence electrons. The van der Waals surface area contributed by atoms with Crippen LogP contribution in [0.1, 0.15) is 41.9 Å². The lowest BCUT2D eigenvalue weighted by molar-refractivity contribution is -0.137. The van der Waals surface area contributed by atoms with Gasteiger partial charge in [0.15, 0.2) is 0 Å². The predicted octanol–water partition coefficient (Wildman–Crippen LogP) is 4.00. The molecule has 0 saturated heterocycles. The molecule has 0 saturated carbocycles. The minimum Gasteiger partial charge on any atom is -0.474 e. The summed E-state index contributed by atoms with van der Waals surface area (Å²) in [6.07, 6.45) is -3.67. The molecule has 0 spiro atoms. The van der Waals surface area contributed by atoms with Crippen molar-refractivity contribution in [2.45, 2.75) is 39.4 Å². The van der Waals surface area contributed by atoms with E-state index >= 15 is 0 Å². The lowest BCUT2D eigenvalue weighted by Gasteiger charge is -2.16.